The van der Waals surface area contributed by atoms with E-state index in [1.165, 1.54) is 6.07 Å². The first-order valence-corrected chi connectivity index (χ1v) is 11.9. The maximum atomic E-state index is 13.1. The third-order valence-corrected chi connectivity index (χ3v) is 6.32. The Kier molecular flexibility index (Phi) is 7.95. The number of hydrogen-bond acceptors (Lipinski definition) is 5. The zero-order valence-electron chi connectivity index (χ0n) is 20.1. The summed E-state index contributed by atoms with van der Waals surface area (Å²) < 4.78 is 5.34. The molecule has 0 bridgehead atoms. The number of aromatic carboxylic acids is 1. The lowest BCUT2D eigenvalue weighted by atomic mass is 9.93. The fourth-order valence-electron chi connectivity index (χ4n) is 4.23. The van der Waals surface area contributed by atoms with Gasteiger partial charge in [0.05, 0.1) is 5.56 Å². The van der Waals surface area contributed by atoms with E-state index < -0.39 is 11.9 Å². The maximum absolute atomic E-state index is 13.1. The molecule has 0 spiro atoms. The van der Waals surface area contributed by atoms with Gasteiger partial charge in [-0.05, 0) is 72.4 Å². The van der Waals surface area contributed by atoms with E-state index in [1.54, 1.807) is 60.7 Å². The molecule has 0 aliphatic carbocycles. The molecule has 6 N–H and O–H groups in total. The van der Waals surface area contributed by atoms with Gasteiger partial charge in [0, 0.05) is 42.1 Å². The smallest absolute Gasteiger partial charge is 0.336 e. The van der Waals surface area contributed by atoms with Crippen molar-refractivity contribution in [3.63, 3.8) is 0 Å². The highest BCUT2D eigenvalue weighted by Gasteiger charge is 2.21. The predicted octanol–water partition coefficient (Wildman–Crippen LogP) is 3.74. The number of carboxylic acid groups (broad SMARTS) is 1. The quantitative estimate of drug-likeness (QED) is 0.234. The summed E-state index contributed by atoms with van der Waals surface area (Å²) in [5, 5.41) is 23.1. The zero-order valence-corrected chi connectivity index (χ0v) is 20.1. The average molecular weight is 501 g/mol. The molecule has 9 nitrogen and oxygen atoms in total. The van der Waals surface area contributed by atoms with Crippen molar-refractivity contribution in [2.24, 2.45) is 11.7 Å². The summed E-state index contributed by atoms with van der Waals surface area (Å²) in [6.45, 7) is 1.85. The third kappa shape index (κ3) is 6.20. The molecule has 1 fully saturated rings. The van der Waals surface area contributed by atoms with E-state index in [4.69, 9.17) is 15.9 Å². The van der Waals surface area contributed by atoms with Crippen LogP contribution in [0.5, 0.6) is 0 Å². The molecule has 4 rings (SSSR count). The maximum Gasteiger partial charge on any atom is 0.336 e. The molecule has 1 saturated heterocycles. The number of benzene rings is 3. The van der Waals surface area contributed by atoms with Gasteiger partial charge in [-0.25, -0.2) is 4.79 Å². The van der Waals surface area contributed by atoms with Gasteiger partial charge < -0.3 is 26.2 Å². The van der Waals surface area contributed by atoms with E-state index in [9.17, 15) is 19.5 Å². The third-order valence-electron chi connectivity index (χ3n) is 6.32. The van der Waals surface area contributed by atoms with Crippen molar-refractivity contribution in [2.45, 2.75) is 12.8 Å². The fraction of sp³-hybridized carbons (Fsp3) is 0.214. The Bertz CT molecular complexity index is 1330. The number of rotatable bonds is 8. The van der Waals surface area contributed by atoms with Crippen molar-refractivity contribution in [3.05, 3.63) is 89.0 Å². The minimum atomic E-state index is -1.20. The summed E-state index contributed by atoms with van der Waals surface area (Å²) in [6.07, 6.45) is 1.75. The van der Waals surface area contributed by atoms with Crippen LogP contribution in [0, 0.1) is 11.3 Å². The SMILES string of the molecule is N=C(N)c1ccc(NC(=O)c2ccccc2-c2ccc(C(=O)NCC3CCOCC3)cc2C(=O)O)cc1. The van der Waals surface area contributed by atoms with Gasteiger partial charge in [0.15, 0.2) is 0 Å². The van der Waals surface area contributed by atoms with Crippen molar-refractivity contribution in [2.75, 3.05) is 25.1 Å². The zero-order chi connectivity index (χ0) is 26.4. The summed E-state index contributed by atoms with van der Waals surface area (Å²) in [4.78, 5) is 38.0. The van der Waals surface area contributed by atoms with Crippen LogP contribution >= 0.6 is 0 Å². The van der Waals surface area contributed by atoms with Crippen molar-refractivity contribution < 1.29 is 24.2 Å². The number of amides is 2. The van der Waals surface area contributed by atoms with Crippen LogP contribution in [0.1, 0.15) is 49.5 Å². The van der Waals surface area contributed by atoms with Crippen LogP contribution in [0.3, 0.4) is 0 Å². The molecule has 2 amide bonds. The average Bonchev–Trinajstić information content (AvgIpc) is 2.92. The first-order valence-electron chi connectivity index (χ1n) is 11.9. The van der Waals surface area contributed by atoms with Crippen LogP contribution in [0.4, 0.5) is 5.69 Å². The second-order valence-electron chi connectivity index (χ2n) is 8.82. The number of nitrogen functional groups attached to an aromatic ring is 1. The van der Waals surface area contributed by atoms with Gasteiger partial charge in [-0.2, -0.15) is 0 Å². The standard InChI is InChI=1S/C28H28N4O5/c29-25(30)18-5-8-20(9-6-18)32-27(34)23-4-2-1-3-21(23)22-10-7-19(15-24(22)28(35)36)26(33)31-16-17-11-13-37-14-12-17/h1-10,15,17H,11-14,16H2,(H3,29,30)(H,31,33)(H,32,34)(H,35,36). The number of carbonyl (C=O) groups is 3. The van der Waals surface area contributed by atoms with Gasteiger partial charge in [-0.1, -0.05) is 24.3 Å². The van der Waals surface area contributed by atoms with Crippen molar-refractivity contribution in [1.29, 1.82) is 5.41 Å². The molecule has 0 radical (unpaired) electrons. The van der Waals surface area contributed by atoms with Crippen LogP contribution in [0.15, 0.2) is 66.7 Å². The lowest BCUT2D eigenvalue weighted by molar-refractivity contribution is 0.0642. The number of carboxylic acids is 1. The van der Waals surface area contributed by atoms with Crippen LogP contribution in [-0.4, -0.2) is 48.5 Å². The Hall–Kier alpha value is -4.50. The Morgan fingerprint density at radius 3 is 2.22 bits per heavy atom. The highest BCUT2D eigenvalue weighted by Crippen LogP contribution is 2.29. The van der Waals surface area contributed by atoms with Gasteiger partial charge in [-0.15, -0.1) is 0 Å². The van der Waals surface area contributed by atoms with E-state index in [2.05, 4.69) is 10.6 Å². The lowest BCUT2D eigenvalue weighted by Gasteiger charge is -2.22. The summed E-state index contributed by atoms with van der Waals surface area (Å²) in [5.41, 5.74) is 7.69. The molecule has 1 heterocycles. The summed E-state index contributed by atoms with van der Waals surface area (Å²) in [6, 6.07) is 17.7. The minimum absolute atomic E-state index is 0.0786. The van der Waals surface area contributed by atoms with Gasteiger partial charge in [0.25, 0.3) is 11.8 Å². The second kappa shape index (κ2) is 11.5. The number of hydrogen-bond donors (Lipinski definition) is 5. The lowest BCUT2D eigenvalue weighted by Crippen LogP contribution is -2.32. The Labute approximate surface area is 214 Å². The van der Waals surface area contributed by atoms with Gasteiger partial charge in [0.2, 0.25) is 0 Å². The highest BCUT2D eigenvalue weighted by atomic mass is 16.5. The summed E-state index contributed by atoms with van der Waals surface area (Å²) in [7, 11) is 0. The number of ether oxygens (including phenoxy) is 1. The molecule has 0 aromatic heterocycles. The van der Waals surface area contributed by atoms with Gasteiger partial charge in [-0.3, -0.25) is 15.0 Å². The normalized spacial score (nSPS) is 13.5. The predicted molar refractivity (Wildman–Crippen MR) is 140 cm³/mol. The molecule has 0 unspecified atom stereocenters. The molecular weight excluding hydrogens is 472 g/mol. The fourth-order valence-corrected chi connectivity index (χ4v) is 4.23. The molecule has 1 aliphatic rings. The largest absolute Gasteiger partial charge is 0.478 e. The van der Waals surface area contributed by atoms with Crippen LogP contribution in [0.2, 0.25) is 0 Å². The topological polar surface area (TPSA) is 155 Å². The number of carbonyl (C=O) groups excluding carboxylic acids is 2. The highest BCUT2D eigenvalue weighted by molar-refractivity contribution is 6.11. The molecule has 3 aromatic carbocycles. The second-order valence-corrected chi connectivity index (χ2v) is 8.82. The van der Waals surface area contributed by atoms with E-state index in [-0.39, 0.29) is 28.4 Å². The van der Waals surface area contributed by atoms with Gasteiger partial charge in [0.1, 0.15) is 5.84 Å². The molecule has 9 heteroatoms. The van der Waals surface area contributed by atoms with Crippen LogP contribution < -0.4 is 16.4 Å². The molecule has 0 saturated carbocycles. The molecule has 37 heavy (non-hydrogen) atoms. The Balaban J connectivity index is 1.57. The molecule has 1 aliphatic heterocycles. The Morgan fingerprint density at radius 1 is 0.892 bits per heavy atom. The molecular formula is C28H28N4O5. The number of nitrogens with two attached hydrogens (primary N) is 1. The van der Waals surface area contributed by atoms with Crippen LogP contribution in [0.25, 0.3) is 11.1 Å². The van der Waals surface area contributed by atoms with E-state index in [0.717, 1.165) is 12.8 Å². The van der Waals surface area contributed by atoms with Gasteiger partial charge >= 0.3 is 5.97 Å². The number of amidine groups is 1. The van der Waals surface area contributed by atoms with Crippen LogP contribution in [-0.2, 0) is 4.74 Å². The van der Waals surface area contributed by atoms with Crippen molar-refractivity contribution in [1.82, 2.24) is 5.32 Å². The monoisotopic (exact) mass is 500 g/mol. The number of anilines is 1. The number of nitrogens with one attached hydrogen (secondary N) is 3. The Morgan fingerprint density at radius 2 is 1.54 bits per heavy atom. The first-order chi connectivity index (χ1) is 17.8. The first kappa shape index (κ1) is 25.6. The van der Waals surface area contributed by atoms with Crippen molar-refractivity contribution >= 4 is 29.3 Å². The molecule has 3 aromatic rings. The molecule has 190 valence electrons. The van der Waals surface area contributed by atoms with E-state index in [0.29, 0.717) is 48.1 Å². The summed E-state index contributed by atoms with van der Waals surface area (Å²) >= 11 is 0. The summed E-state index contributed by atoms with van der Waals surface area (Å²) in [5.74, 6) is -1.73. The van der Waals surface area contributed by atoms with E-state index >= 15 is 0 Å². The van der Waals surface area contributed by atoms with E-state index in [1.807, 2.05) is 0 Å². The van der Waals surface area contributed by atoms with Crippen molar-refractivity contribution in [3.8, 4) is 11.1 Å². The molecule has 0 atom stereocenters. The minimum Gasteiger partial charge on any atom is -0.478 e.